The van der Waals surface area contributed by atoms with Crippen LogP contribution in [0.1, 0.15) is 32.9 Å². The smallest absolute Gasteiger partial charge is 0.174 e. The predicted molar refractivity (Wildman–Crippen MR) is 70.8 cm³/mol. The van der Waals surface area contributed by atoms with Crippen LogP contribution in [0, 0.1) is 12.7 Å². The first-order valence-electron chi connectivity index (χ1n) is 5.54. The maximum Gasteiger partial charge on any atom is 0.174 e. The van der Waals surface area contributed by atoms with Gasteiger partial charge in [0.2, 0.25) is 0 Å². The molecule has 3 nitrogen and oxygen atoms in total. The second kappa shape index (κ2) is 5.48. The molecule has 0 spiro atoms. The van der Waals surface area contributed by atoms with Gasteiger partial charge in [0.25, 0.3) is 0 Å². The van der Waals surface area contributed by atoms with E-state index in [2.05, 4.69) is 15.9 Å². The fourth-order valence-corrected chi connectivity index (χ4v) is 2.30. The highest BCUT2D eigenvalue weighted by Crippen LogP contribution is 2.21. The molecule has 0 aliphatic rings. The van der Waals surface area contributed by atoms with Crippen LogP contribution in [0.4, 0.5) is 4.39 Å². The number of hydrogen-bond acceptors (Lipinski definition) is 3. The number of halogens is 2. The number of Topliss-reactive ketones (excluding diaryl/α,β-unsaturated/α-hetero) is 2. The summed E-state index contributed by atoms with van der Waals surface area (Å²) in [7, 11) is 0. The largest absolute Gasteiger partial charge is 0.469 e. The van der Waals surface area contributed by atoms with Crippen LogP contribution in [-0.2, 0) is 0 Å². The molecule has 0 aliphatic carbocycles. The third kappa shape index (κ3) is 2.98. The predicted octanol–water partition coefficient (Wildman–Crippen LogP) is 3.95. The van der Waals surface area contributed by atoms with Gasteiger partial charge in [0.15, 0.2) is 11.6 Å². The quantitative estimate of drug-likeness (QED) is 0.632. The normalized spacial score (nSPS) is 10.5. The number of benzene rings is 1. The van der Waals surface area contributed by atoms with E-state index in [1.54, 1.807) is 6.92 Å². The third-order valence-corrected chi connectivity index (χ3v) is 3.37. The van der Waals surface area contributed by atoms with Gasteiger partial charge in [0.1, 0.15) is 11.6 Å². The minimum absolute atomic E-state index is 0.273. The molecule has 0 unspecified atom stereocenters. The van der Waals surface area contributed by atoms with E-state index >= 15 is 0 Å². The lowest BCUT2D eigenvalue weighted by Crippen LogP contribution is -2.09. The van der Waals surface area contributed by atoms with Crippen LogP contribution >= 0.6 is 15.9 Å². The molecule has 0 aliphatic heterocycles. The maximum absolute atomic E-state index is 12.9. The second-order valence-corrected chi connectivity index (χ2v) is 4.89. The summed E-state index contributed by atoms with van der Waals surface area (Å²) in [5.41, 5.74) is 0.683. The van der Waals surface area contributed by atoms with Crippen molar-refractivity contribution >= 4 is 27.5 Å². The number of rotatable bonds is 4. The summed E-state index contributed by atoms with van der Waals surface area (Å²) >= 11 is 3.11. The Labute approximate surface area is 117 Å². The summed E-state index contributed by atoms with van der Waals surface area (Å²) in [5, 5.41) is 0. The standard InChI is InChI=1S/C14H10BrFO3/c1-8-10(4-5-19-8)13(17)7-14(18)11-3-2-9(16)6-12(11)15/h2-6H,7H2,1H3. The van der Waals surface area contributed by atoms with Crippen molar-refractivity contribution in [2.24, 2.45) is 0 Å². The van der Waals surface area contributed by atoms with Crippen LogP contribution < -0.4 is 0 Å². The molecule has 1 aromatic carbocycles. The van der Waals surface area contributed by atoms with Crippen LogP contribution in [0.15, 0.2) is 39.4 Å². The molecule has 0 saturated heterocycles. The Morgan fingerprint density at radius 3 is 2.47 bits per heavy atom. The molecule has 2 aromatic rings. The Morgan fingerprint density at radius 1 is 1.21 bits per heavy atom. The average molecular weight is 325 g/mol. The van der Waals surface area contributed by atoms with E-state index < -0.39 is 5.82 Å². The Bertz CT molecular complexity index is 646. The van der Waals surface area contributed by atoms with E-state index in [9.17, 15) is 14.0 Å². The summed E-state index contributed by atoms with van der Waals surface area (Å²) in [5.74, 6) is -0.638. The zero-order valence-electron chi connectivity index (χ0n) is 10.1. The average Bonchev–Trinajstić information content (AvgIpc) is 2.75. The van der Waals surface area contributed by atoms with E-state index in [1.807, 2.05) is 0 Å². The minimum Gasteiger partial charge on any atom is -0.469 e. The van der Waals surface area contributed by atoms with Crippen LogP contribution in [0.2, 0.25) is 0 Å². The zero-order valence-corrected chi connectivity index (χ0v) is 11.7. The molecule has 0 saturated carbocycles. The van der Waals surface area contributed by atoms with Crippen molar-refractivity contribution < 1.29 is 18.4 Å². The van der Waals surface area contributed by atoms with Gasteiger partial charge >= 0.3 is 0 Å². The van der Waals surface area contributed by atoms with Gasteiger partial charge in [-0.05, 0) is 47.1 Å². The van der Waals surface area contributed by atoms with Gasteiger partial charge in [0.05, 0.1) is 18.2 Å². The number of carbonyl (C=O) groups excluding carboxylic acids is 2. The number of ketones is 2. The first-order valence-corrected chi connectivity index (χ1v) is 6.34. The van der Waals surface area contributed by atoms with Crippen molar-refractivity contribution in [2.75, 3.05) is 0 Å². The van der Waals surface area contributed by atoms with Crippen LogP contribution in [0.25, 0.3) is 0 Å². The van der Waals surface area contributed by atoms with Gasteiger partial charge in [-0.3, -0.25) is 9.59 Å². The number of hydrogen-bond donors (Lipinski definition) is 0. The molecular weight excluding hydrogens is 315 g/mol. The van der Waals surface area contributed by atoms with Crippen LogP contribution in [0.3, 0.4) is 0 Å². The summed E-state index contributed by atoms with van der Waals surface area (Å²) in [6, 6.07) is 5.27. The topological polar surface area (TPSA) is 47.3 Å². The second-order valence-electron chi connectivity index (χ2n) is 4.04. The Morgan fingerprint density at radius 2 is 1.89 bits per heavy atom. The summed E-state index contributed by atoms with van der Waals surface area (Å²) in [6.07, 6.45) is 1.13. The number of carbonyl (C=O) groups is 2. The van der Waals surface area contributed by atoms with Gasteiger partial charge in [-0.15, -0.1) is 0 Å². The fourth-order valence-electron chi connectivity index (χ4n) is 1.73. The number of furan rings is 1. The van der Waals surface area contributed by atoms with E-state index in [0.717, 1.165) is 0 Å². The van der Waals surface area contributed by atoms with Crippen molar-refractivity contribution in [1.29, 1.82) is 0 Å². The molecule has 5 heteroatoms. The van der Waals surface area contributed by atoms with Gasteiger partial charge < -0.3 is 4.42 Å². The summed E-state index contributed by atoms with van der Waals surface area (Å²) in [6.45, 7) is 1.66. The highest BCUT2D eigenvalue weighted by atomic mass is 79.9. The monoisotopic (exact) mass is 324 g/mol. The first kappa shape index (κ1) is 13.7. The van der Waals surface area contributed by atoms with Crippen molar-refractivity contribution in [3.8, 4) is 0 Å². The molecular formula is C14H10BrFO3. The molecule has 1 heterocycles. The minimum atomic E-state index is -0.444. The Balaban J connectivity index is 2.18. The highest BCUT2D eigenvalue weighted by molar-refractivity contribution is 9.10. The van der Waals surface area contributed by atoms with E-state index in [-0.39, 0.29) is 23.6 Å². The van der Waals surface area contributed by atoms with Gasteiger partial charge in [-0.2, -0.15) is 0 Å². The van der Waals surface area contributed by atoms with E-state index in [1.165, 1.54) is 30.5 Å². The molecule has 2 rings (SSSR count). The summed E-state index contributed by atoms with van der Waals surface area (Å²) in [4.78, 5) is 23.9. The molecule has 1 aromatic heterocycles. The molecule has 0 radical (unpaired) electrons. The van der Waals surface area contributed by atoms with E-state index in [0.29, 0.717) is 15.8 Å². The SMILES string of the molecule is Cc1occc1C(=O)CC(=O)c1ccc(F)cc1Br. The molecule has 0 fully saturated rings. The maximum atomic E-state index is 12.9. The van der Waals surface area contributed by atoms with Gasteiger partial charge in [0, 0.05) is 10.0 Å². The number of aryl methyl sites for hydroxylation is 1. The van der Waals surface area contributed by atoms with Crippen molar-refractivity contribution in [3.05, 3.63) is 57.7 Å². The molecule has 0 bridgehead atoms. The molecule has 0 amide bonds. The van der Waals surface area contributed by atoms with Crippen molar-refractivity contribution in [2.45, 2.75) is 13.3 Å². The lowest BCUT2D eigenvalue weighted by Gasteiger charge is -2.03. The highest BCUT2D eigenvalue weighted by Gasteiger charge is 2.18. The molecule has 0 atom stereocenters. The van der Waals surface area contributed by atoms with Crippen LogP contribution in [-0.4, -0.2) is 11.6 Å². The first-order chi connectivity index (χ1) is 8.99. The zero-order chi connectivity index (χ0) is 14.0. The molecule has 19 heavy (non-hydrogen) atoms. The van der Waals surface area contributed by atoms with Gasteiger partial charge in [-0.1, -0.05) is 0 Å². The van der Waals surface area contributed by atoms with Crippen molar-refractivity contribution in [1.82, 2.24) is 0 Å². The summed E-state index contributed by atoms with van der Waals surface area (Å²) < 4.78 is 18.3. The van der Waals surface area contributed by atoms with Gasteiger partial charge in [-0.25, -0.2) is 4.39 Å². The lowest BCUT2D eigenvalue weighted by molar-refractivity contribution is 0.0893. The Hall–Kier alpha value is -1.75. The van der Waals surface area contributed by atoms with Crippen LogP contribution in [0.5, 0.6) is 0 Å². The Kier molecular flexibility index (Phi) is 3.95. The molecule has 98 valence electrons. The van der Waals surface area contributed by atoms with Crippen molar-refractivity contribution in [3.63, 3.8) is 0 Å². The molecule has 0 N–H and O–H groups in total. The van der Waals surface area contributed by atoms with E-state index in [4.69, 9.17) is 4.42 Å². The third-order valence-electron chi connectivity index (χ3n) is 2.71. The fraction of sp³-hybridized carbons (Fsp3) is 0.143. The lowest BCUT2D eigenvalue weighted by atomic mass is 10.0.